The van der Waals surface area contributed by atoms with Crippen molar-refractivity contribution >= 4 is 24.2 Å². The highest BCUT2D eigenvalue weighted by Gasteiger charge is 2.26. The zero-order valence-electron chi connectivity index (χ0n) is 11.6. The van der Waals surface area contributed by atoms with Crippen molar-refractivity contribution in [1.82, 2.24) is 15.5 Å². The van der Waals surface area contributed by atoms with Crippen molar-refractivity contribution in [3.8, 4) is 0 Å². The molecule has 106 valence electrons. The van der Waals surface area contributed by atoms with Gasteiger partial charge < -0.3 is 15.5 Å². The molecule has 0 saturated carbocycles. The van der Waals surface area contributed by atoms with Crippen LogP contribution in [0.1, 0.15) is 33.6 Å². The second-order valence-electron chi connectivity index (χ2n) is 5.64. The number of hydrogen-bond donors (Lipinski definition) is 2. The lowest BCUT2D eigenvalue weighted by Gasteiger charge is -2.24. The van der Waals surface area contributed by atoms with Crippen LogP contribution in [-0.2, 0) is 9.59 Å². The van der Waals surface area contributed by atoms with Gasteiger partial charge in [0.1, 0.15) is 0 Å². The molecule has 2 amide bonds. The SMILES string of the molecule is CN(CC(=O)NC(C)(C)C)C(=O)C1CCCN1.Cl. The summed E-state index contributed by atoms with van der Waals surface area (Å²) in [6, 6.07) is -0.109. The van der Waals surface area contributed by atoms with Crippen LogP contribution in [0.4, 0.5) is 0 Å². The first kappa shape index (κ1) is 17.2. The van der Waals surface area contributed by atoms with Gasteiger partial charge in [0.15, 0.2) is 0 Å². The molecular weight excluding hydrogens is 254 g/mol. The Morgan fingerprint density at radius 1 is 1.39 bits per heavy atom. The number of carbonyl (C=O) groups excluding carboxylic acids is 2. The topological polar surface area (TPSA) is 61.4 Å². The van der Waals surface area contributed by atoms with Crippen molar-refractivity contribution in [3.05, 3.63) is 0 Å². The first-order valence-electron chi connectivity index (χ1n) is 6.09. The van der Waals surface area contributed by atoms with Gasteiger partial charge in [-0.15, -0.1) is 12.4 Å². The number of nitrogens with zero attached hydrogens (tertiary/aromatic N) is 1. The lowest BCUT2D eigenvalue weighted by molar-refractivity contribution is -0.136. The minimum absolute atomic E-state index is 0. The normalized spacial score (nSPS) is 19.0. The lowest BCUT2D eigenvalue weighted by atomic mass is 10.1. The van der Waals surface area contributed by atoms with Crippen molar-refractivity contribution in [2.24, 2.45) is 0 Å². The number of hydrogen-bond acceptors (Lipinski definition) is 3. The number of halogens is 1. The van der Waals surface area contributed by atoms with E-state index in [-0.39, 0.29) is 42.3 Å². The van der Waals surface area contributed by atoms with Crippen LogP contribution in [0.15, 0.2) is 0 Å². The number of rotatable bonds is 3. The molecule has 0 spiro atoms. The fourth-order valence-corrected chi connectivity index (χ4v) is 1.91. The van der Waals surface area contributed by atoms with Crippen LogP contribution in [0.5, 0.6) is 0 Å². The van der Waals surface area contributed by atoms with Crippen molar-refractivity contribution in [1.29, 1.82) is 0 Å². The maximum absolute atomic E-state index is 11.9. The molecule has 1 aliphatic heterocycles. The Bertz CT molecular complexity index is 296. The fourth-order valence-electron chi connectivity index (χ4n) is 1.91. The Balaban J connectivity index is 0.00000289. The van der Waals surface area contributed by atoms with Crippen molar-refractivity contribution in [2.45, 2.75) is 45.2 Å². The van der Waals surface area contributed by atoms with E-state index in [0.717, 1.165) is 19.4 Å². The third-order valence-corrected chi connectivity index (χ3v) is 2.63. The quantitative estimate of drug-likeness (QED) is 0.791. The zero-order valence-corrected chi connectivity index (χ0v) is 12.4. The summed E-state index contributed by atoms with van der Waals surface area (Å²) in [6.07, 6.45) is 1.89. The predicted octanol–water partition coefficient (Wildman–Crippen LogP) is 0.533. The second kappa shape index (κ2) is 6.95. The molecule has 5 nitrogen and oxygen atoms in total. The monoisotopic (exact) mass is 277 g/mol. The predicted molar refractivity (Wildman–Crippen MR) is 73.8 cm³/mol. The summed E-state index contributed by atoms with van der Waals surface area (Å²) in [5.41, 5.74) is -0.257. The van der Waals surface area contributed by atoms with Crippen LogP contribution in [0.3, 0.4) is 0 Å². The van der Waals surface area contributed by atoms with Gasteiger partial charge in [0.2, 0.25) is 11.8 Å². The summed E-state index contributed by atoms with van der Waals surface area (Å²) in [4.78, 5) is 25.1. The van der Waals surface area contributed by atoms with Crippen LogP contribution in [0.2, 0.25) is 0 Å². The van der Waals surface area contributed by atoms with E-state index in [2.05, 4.69) is 10.6 Å². The van der Waals surface area contributed by atoms with Crippen molar-refractivity contribution in [2.75, 3.05) is 20.1 Å². The Kier molecular flexibility index (Phi) is 6.63. The highest BCUT2D eigenvalue weighted by atomic mass is 35.5. The standard InChI is InChI=1S/C12H23N3O2.ClH/c1-12(2,3)14-10(16)8-15(4)11(17)9-6-5-7-13-9;/h9,13H,5-8H2,1-4H3,(H,14,16);1H. The highest BCUT2D eigenvalue weighted by Crippen LogP contribution is 2.07. The molecule has 1 aliphatic rings. The maximum atomic E-state index is 11.9. The molecule has 6 heteroatoms. The van der Waals surface area contributed by atoms with Crippen LogP contribution < -0.4 is 10.6 Å². The summed E-state index contributed by atoms with van der Waals surface area (Å²) in [6.45, 7) is 6.77. The first-order valence-corrected chi connectivity index (χ1v) is 6.09. The van der Waals surface area contributed by atoms with Gasteiger partial charge in [-0.05, 0) is 40.2 Å². The van der Waals surface area contributed by atoms with E-state index >= 15 is 0 Å². The summed E-state index contributed by atoms with van der Waals surface area (Å²) in [5, 5.41) is 5.98. The third kappa shape index (κ3) is 5.69. The molecule has 0 aromatic carbocycles. The number of likely N-dealkylation sites (N-methyl/N-ethyl adjacent to an activating group) is 1. The number of nitrogens with one attached hydrogen (secondary N) is 2. The number of carbonyl (C=O) groups is 2. The van der Waals surface area contributed by atoms with E-state index in [4.69, 9.17) is 0 Å². The van der Waals surface area contributed by atoms with Gasteiger partial charge >= 0.3 is 0 Å². The second-order valence-corrected chi connectivity index (χ2v) is 5.64. The first-order chi connectivity index (χ1) is 7.79. The van der Waals surface area contributed by atoms with Gasteiger partial charge in [0, 0.05) is 12.6 Å². The Labute approximate surface area is 115 Å². The van der Waals surface area contributed by atoms with E-state index in [1.165, 1.54) is 4.90 Å². The lowest BCUT2D eigenvalue weighted by Crippen LogP contribution is -2.49. The largest absolute Gasteiger partial charge is 0.350 e. The van der Waals surface area contributed by atoms with Crippen LogP contribution in [-0.4, -0.2) is 48.4 Å². The van der Waals surface area contributed by atoms with E-state index < -0.39 is 0 Å². The maximum Gasteiger partial charge on any atom is 0.240 e. The highest BCUT2D eigenvalue weighted by molar-refractivity contribution is 5.87. The summed E-state index contributed by atoms with van der Waals surface area (Å²) in [7, 11) is 1.67. The molecule has 1 heterocycles. The molecule has 2 N–H and O–H groups in total. The molecule has 1 atom stereocenters. The molecule has 0 bridgehead atoms. The van der Waals surface area contributed by atoms with Crippen molar-refractivity contribution in [3.63, 3.8) is 0 Å². The van der Waals surface area contributed by atoms with E-state index in [0.29, 0.717) is 0 Å². The molecule has 1 rings (SSSR count). The van der Waals surface area contributed by atoms with E-state index in [1.807, 2.05) is 20.8 Å². The van der Waals surface area contributed by atoms with Crippen LogP contribution in [0.25, 0.3) is 0 Å². The van der Waals surface area contributed by atoms with Gasteiger partial charge in [-0.25, -0.2) is 0 Å². The molecule has 18 heavy (non-hydrogen) atoms. The summed E-state index contributed by atoms with van der Waals surface area (Å²) in [5.74, 6) is -0.113. The Hall–Kier alpha value is -0.810. The minimum Gasteiger partial charge on any atom is -0.350 e. The molecule has 0 aromatic heterocycles. The molecule has 0 radical (unpaired) electrons. The molecular formula is C12H24ClN3O2. The van der Waals surface area contributed by atoms with Crippen molar-refractivity contribution < 1.29 is 9.59 Å². The summed E-state index contributed by atoms with van der Waals surface area (Å²) < 4.78 is 0. The Morgan fingerprint density at radius 3 is 2.44 bits per heavy atom. The van der Waals surface area contributed by atoms with Crippen LogP contribution in [0, 0.1) is 0 Å². The zero-order chi connectivity index (χ0) is 13.1. The van der Waals surface area contributed by atoms with Gasteiger partial charge in [0.25, 0.3) is 0 Å². The average molecular weight is 278 g/mol. The smallest absolute Gasteiger partial charge is 0.240 e. The molecule has 1 unspecified atom stereocenters. The van der Waals surface area contributed by atoms with Gasteiger partial charge in [0.05, 0.1) is 12.6 Å². The van der Waals surface area contributed by atoms with Gasteiger partial charge in [-0.2, -0.15) is 0 Å². The molecule has 0 aliphatic carbocycles. The van der Waals surface area contributed by atoms with E-state index in [1.54, 1.807) is 7.05 Å². The minimum atomic E-state index is -0.257. The Morgan fingerprint density at radius 2 is 2.00 bits per heavy atom. The molecule has 1 fully saturated rings. The number of amides is 2. The average Bonchev–Trinajstić information content (AvgIpc) is 2.65. The third-order valence-electron chi connectivity index (χ3n) is 2.63. The molecule has 1 saturated heterocycles. The van der Waals surface area contributed by atoms with Crippen LogP contribution >= 0.6 is 12.4 Å². The molecule has 0 aromatic rings. The van der Waals surface area contributed by atoms with E-state index in [9.17, 15) is 9.59 Å². The van der Waals surface area contributed by atoms with Gasteiger partial charge in [-0.1, -0.05) is 0 Å². The fraction of sp³-hybridized carbons (Fsp3) is 0.833. The van der Waals surface area contributed by atoms with Gasteiger partial charge in [-0.3, -0.25) is 9.59 Å². The summed E-state index contributed by atoms with van der Waals surface area (Å²) >= 11 is 0.